The van der Waals surface area contributed by atoms with Crippen molar-refractivity contribution in [3.63, 3.8) is 0 Å². The zero-order chi connectivity index (χ0) is 21.1. The number of aliphatic hydroxyl groups excluding tert-OH is 2. The van der Waals surface area contributed by atoms with E-state index in [2.05, 4.69) is 45.0 Å². The van der Waals surface area contributed by atoms with Crippen molar-refractivity contribution in [2.45, 2.75) is 56.8 Å². The second-order valence-corrected chi connectivity index (χ2v) is 12.8. The number of ether oxygens (including phenoxy) is 2. The maximum atomic E-state index is 10.5. The number of hydrogen-bond donors (Lipinski definition) is 2. The smallest absolute Gasteiger partial charge is 0.261 e. The Kier molecular flexibility index (Phi) is 6.93. The molecule has 1 saturated heterocycles. The number of aliphatic hydroxyl groups is 2. The molecule has 1 aliphatic heterocycles. The number of rotatable bonds is 6. The molecule has 0 saturated carbocycles. The van der Waals surface area contributed by atoms with Gasteiger partial charge < -0.3 is 24.1 Å². The second kappa shape index (κ2) is 9.08. The van der Waals surface area contributed by atoms with Gasteiger partial charge in [0.1, 0.15) is 6.10 Å². The molecule has 0 bridgehead atoms. The summed E-state index contributed by atoms with van der Waals surface area (Å²) in [5.41, 5.74) is 0. The van der Waals surface area contributed by atoms with E-state index in [4.69, 9.17) is 13.9 Å². The van der Waals surface area contributed by atoms with E-state index >= 15 is 0 Å². The summed E-state index contributed by atoms with van der Waals surface area (Å²) in [6, 6.07) is 20.7. The van der Waals surface area contributed by atoms with Gasteiger partial charge in [0.15, 0.2) is 6.29 Å². The van der Waals surface area contributed by atoms with E-state index in [-0.39, 0.29) is 11.6 Å². The summed E-state index contributed by atoms with van der Waals surface area (Å²) in [6.07, 6.45) is -2.25. The summed E-state index contributed by atoms with van der Waals surface area (Å²) in [7, 11) is -1.22. The van der Waals surface area contributed by atoms with Crippen LogP contribution < -0.4 is 10.4 Å². The van der Waals surface area contributed by atoms with Crippen molar-refractivity contribution in [3.8, 4) is 0 Å². The maximum Gasteiger partial charge on any atom is 0.261 e. The lowest BCUT2D eigenvalue weighted by atomic mass is 10.0. The lowest BCUT2D eigenvalue weighted by Crippen LogP contribution is -2.69. The van der Waals surface area contributed by atoms with Gasteiger partial charge >= 0.3 is 0 Å². The van der Waals surface area contributed by atoms with Gasteiger partial charge in [-0.05, 0) is 15.4 Å². The molecule has 0 unspecified atom stereocenters. The monoisotopic (exact) mass is 416 g/mol. The number of hydrogen-bond acceptors (Lipinski definition) is 5. The Hall–Kier alpha value is -1.54. The van der Waals surface area contributed by atoms with Gasteiger partial charge in [0.25, 0.3) is 8.32 Å². The third-order valence-corrected chi connectivity index (χ3v) is 10.7. The normalized spacial score (nSPS) is 25.7. The van der Waals surface area contributed by atoms with Gasteiger partial charge in [-0.15, -0.1) is 0 Å². The standard InChI is InChI=1S/C23H32O5Si/c1-23(2,3)29(17-11-7-5-8-12-17,18-13-9-6-10-14-18)28-20-15-19(25)21(16-24)27-22(20)26-4/h5-14,19-22,24-25H,15-16H2,1-4H3/t19-,20-,21+,22-/m0/s1. The van der Waals surface area contributed by atoms with Gasteiger partial charge in [0.05, 0.1) is 18.8 Å². The van der Waals surface area contributed by atoms with E-state index in [0.29, 0.717) is 6.42 Å². The number of methoxy groups -OCH3 is 1. The van der Waals surface area contributed by atoms with Crippen molar-refractivity contribution >= 4 is 18.7 Å². The minimum atomic E-state index is -2.79. The summed E-state index contributed by atoms with van der Waals surface area (Å²) in [6.45, 7) is 6.36. The van der Waals surface area contributed by atoms with Crippen LogP contribution in [0.1, 0.15) is 27.2 Å². The highest BCUT2D eigenvalue weighted by Crippen LogP contribution is 2.39. The first-order valence-corrected chi connectivity index (χ1v) is 12.0. The molecule has 5 nitrogen and oxygen atoms in total. The average Bonchev–Trinajstić information content (AvgIpc) is 2.72. The van der Waals surface area contributed by atoms with E-state index in [1.807, 2.05) is 36.4 Å². The van der Waals surface area contributed by atoms with Crippen molar-refractivity contribution in [2.75, 3.05) is 13.7 Å². The summed E-state index contributed by atoms with van der Waals surface area (Å²) >= 11 is 0. The van der Waals surface area contributed by atoms with Gasteiger partial charge in [-0.25, -0.2) is 0 Å². The van der Waals surface area contributed by atoms with E-state index in [1.165, 1.54) is 0 Å². The van der Waals surface area contributed by atoms with Crippen molar-refractivity contribution in [1.29, 1.82) is 0 Å². The fraction of sp³-hybridized carbons (Fsp3) is 0.478. The molecular formula is C23H32O5Si. The molecule has 158 valence electrons. The third kappa shape index (κ3) is 4.33. The molecule has 1 fully saturated rings. The van der Waals surface area contributed by atoms with Gasteiger partial charge in [-0.2, -0.15) is 0 Å². The molecule has 4 atom stereocenters. The van der Waals surface area contributed by atoms with Crippen molar-refractivity contribution < 1.29 is 24.1 Å². The van der Waals surface area contributed by atoms with Crippen LogP contribution in [0.5, 0.6) is 0 Å². The quantitative estimate of drug-likeness (QED) is 0.706. The summed E-state index contributed by atoms with van der Waals surface area (Å²) in [4.78, 5) is 0. The summed E-state index contributed by atoms with van der Waals surface area (Å²) in [5, 5.41) is 22.1. The van der Waals surface area contributed by atoms with Crippen LogP contribution in [-0.4, -0.2) is 56.8 Å². The van der Waals surface area contributed by atoms with Gasteiger partial charge in [-0.1, -0.05) is 81.4 Å². The van der Waals surface area contributed by atoms with Gasteiger partial charge in [-0.3, -0.25) is 0 Å². The summed E-state index contributed by atoms with van der Waals surface area (Å²) in [5.74, 6) is 0. The Morgan fingerprint density at radius 3 is 1.93 bits per heavy atom. The lowest BCUT2D eigenvalue weighted by Gasteiger charge is -2.48. The van der Waals surface area contributed by atoms with E-state index in [1.54, 1.807) is 7.11 Å². The fourth-order valence-corrected chi connectivity index (χ4v) is 8.92. The second-order valence-electron chi connectivity index (χ2n) is 8.58. The van der Waals surface area contributed by atoms with Crippen LogP contribution in [0.25, 0.3) is 0 Å². The van der Waals surface area contributed by atoms with Crippen LogP contribution in [0.3, 0.4) is 0 Å². The van der Waals surface area contributed by atoms with E-state index in [0.717, 1.165) is 10.4 Å². The fourth-order valence-electron chi connectivity index (χ4n) is 4.25. The van der Waals surface area contributed by atoms with Crippen LogP contribution in [-0.2, 0) is 13.9 Å². The largest absolute Gasteiger partial charge is 0.399 e. The highest BCUT2D eigenvalue weighted by Gasteiger charge is 2.53. The van der Waals surface area contributed by atoms with Crippen molar-refractivity contribution in [1.82, 2.24) is 0 Å². The van der Waals surface area contributed by atoms with Crippen LogP contribution in [0.15, 0.2) is 60.7 Å². The zero-order valence-corrected chi connectivity index (χ0v) is 18.6. The van der Waals surface area contributed by atoms with E-state index < -0.39 is 32.9 Å². The molecule has 1 heterocycles. The molecular weight excluding hydrogens is 384 g/mol. The Bertz CT molecular complexity index is 722. The molecule has 0 aromatic heterocycles. The molecule has 3 rings (SSSR count). The average molecular weight is 417 g/mol. The molecule has 1 aliphatic rings. The number of benzene rings is 2. The van der Waals surface area contributed by atoms with Crippen LogP contribution in [0.2, 0.25) is 5.04 Å². The lowest BCUT2D eigenvalue weighted by molar-refractivity contribution is -0.257. The molecule has 2 aromatic rings. The van der Waals surface area contributed by atoms with Gasteiger partial charge in [0, 0.05) is 13.5 Å². The van der Waals surface area contributed by atoms with Crippen LogP contribution in [0.4, 0.5) is 0 Å². The maximum absolute atomic E-state index is 10.5. The van der Waals surface area contributed by atoms with Crippen molar-refractivity contribution in [2.24, 2.45) is 0 Å². The van der Waals surface area contributed by atoms with E-state index in [9.17, 15) is 10.2 Å². The molecule has 0 aliphatic carbocycles. The molecule has 29 heavy (non-hydrogen) atoms. The minimum Gasteiger partial charge on any atom is -0.399 e. The first-order chi connectivity index (χ1) is 13.8. The predicted molar refractivity (Wildman–Crippen MR) is 116 cm³/mol. The molecule has 0 radical (unpaired) electrons. The Morgan fingerprint density at radius 1 is 1.00 bits per heavy atom. The molecule has 0 amide bonds. The summed E-state index contributed by atoms with van der Waals surface area (Å²) < 4.78 is 18.4. The predicted octanol–water partition coefficient (Wildman–Crippen LogP) is 2.05. The first-order valence-electron chi connectivity index (χ1n) is 10.1. The highest BCUT2D eigenvalue weighted by molar-refractivity contribution is 6.99. The topological polar surface area (TPSA) is 68.2 Å². The molecule has 6 heteroatoms. The SMILES string of the molecule is CO[C@H]1O[C@H](CO)[C@@H](O)C[C@@H]1O[Si](c1ccccc1)(c1ccccc1)C(C)(C)C. The molecule has 0 spiro atoms. The van der Waals surface area contributed by atoms with Gasteiger partial charge in [0.2, 0.25) is 0 Å². The first kappa shape index (κ1) is 22.1. The Morgan fingerprint density at radius 2 is 1.52 bits per heavy atom. The molecule has 2 aromatic carbocycles. The Labute approximate surface area is 174 Å². The van der Waals surface area contributed by atoms with Crippen molar-refractivity contribution in [3.05, 3.63) is 60.7 Å². The molecule has 2 N–H and O–H groups in total. The Balaban J connectivity index is 2.11. The third-order valence-electron chi connectivity index (χ3n) is 5.67. The van der Waals surface area contributed by atoms with Crippen LogP contribution >= 0.6 is 0 Å². The highest BCUT2D eigenvalue weighted by atomic mass is 28.4. The van der Waals surface area contributed by atoms with Crippen LogP contribution in [0, 0.1) is 0 Å². The zero-order valence-electron chi connectivity index (χ0n) is 17.6. The minimum absolute atomic E-state index is 0.188.